The number of carboxylic acids is 1. The molecule has 0 aliphatic heterocycles. The number of carbonyl (C=O) groups is 4. The van der Waals surface area contributed by atoms with Gasteiger partial charge in [0.1, 0.15) is 18.1 Å². The molecule has 0 unspecified atom stereocenters. The average Bonchev–Trinajstić information content (AvgIpc) is 3.64. The minimum Gasteiger partial charge on any atom is -0.480 e. The average molecular weight is 609 g/mol. The van der Waals surface area contributed by atoms with Crippen LogP contribution in [0.15, 0.2) is 91.3 Å². The number of aromatic nitrogens is 2. The molecule has 232 valence electrons. The van der Waals surface area contributed by atoms with Crippen LogP contribution in [0, 0.1) is 0 Å². The largest absolute Gasteiger partial charge is 0.480 e. The summed E-state index contributed by atoms with van der Waals surface area (Å²) >= 11 is 0. The Balaban J connectivity index is 1.28. The van der Waals surface area contributed by atoms with E-state index in [4.69, 9.17) is 5.73 Å². The number of hydrogen-bond acceptors (Lipinski definition) is 5. The first-order valence-corrected chi connectivity index (χ1v) is 14.7. The predicted octanol–water partition coefficient (Wildman–Crippen LogP) is 2.56. The molecule has 11 nitrogen and oxygen atoms in total. The first-order valence-electron chi connectivity index (χ1n) is 14.7. The molecule has 0 saturated carbocycles. The maximum Gasteiger partial charge on any atom is 0.326 e. The summed E-state index contributed by atoms with van der Waals surface area (Å²) < 4.78 is 0. The highest BCUT2D eigenvalue weighted by Crippen LogP contribution is 2.20. The monoisotopic (exact) mass is 608 g/mol. The summed E-state index contributed by atoms with van der Waals surface area (Å²) in [5.41, 5.74) is 10.4. The lowest BCUT2D eigenvalue weighted by molar-refractivity contribution is -0.142. The van der Waals surface area contributed by atoms with Crippen molar-refractivity contribution in [1.29, 1.82) is 0 Å². The Morgan fingerprint density at radius 3 is 1.80 bits per heavy atom. The number of hydrogen-bond donors (Lipinski definition) is 7. The highest BCUT2D eigenvalue weighted by Gasteiger charge is 2.30. The van der Waals surface area contributed by atoms with Gasteiger partial charge in [0.25, 0.3) is 0 Å². The fraction of sp³-hybridized carbons (Fsp3) is 0.235. The second-order valence-corrected chi connectivity index (χ2v) is 11.1. The Morgan fingerprint density at radius 2 is 1.20 bits per heavy atom. The van der Waals surface area contributed by atoms with Gasteiger partial charge < -0.3 is 36.8 Å². The molecule has 0 bridgehead atoms. The molecular formula is C34H36N6O5. The van der Waals surface area contributed by atoms with Crippen LogP contribution in [0.3, 0.4) is 0 Å². The van der Waals surface area contributed by atoms with Gasteiger partial charge in [0, 0.05) is 47.0 Å². The zero-order chi connectivity index (χ0) is 31.9. The molecule has 0 radical (unpaired) electrons. The molecular weight excluding hydrogens is 572 g/mol. The molecule has 2 aromatic heterocycles. The number of H-pyrrole nitrogens is 2. The minimum atomic E-state index is -1.22. The number of fused-ring (bicyclic) bond motifs is 2. The van der Waals surface area contributed by atoms with Crippen LogP contribution in [0.2, 0.25) is 0 Å². The molecule has 5 aromatic rings. The van der Waals surface area contributed by atoms with Gasteiger partial charge in [-0.3, -0.25) is 14.4 Å². The van der Waals surface area contributed by atoms with Gasteiger partial charge in [-0.2, -0.15) is 0 Å². The van der Waals surface area contributed by atoms with Crippen molar-refractivity contribution in [3.8, 4) is 0 Å². The lowest BCUT2D eigenvalue weighted by Gasteiger charge is -2.24. The van der Waals surface area contributed by atoms with Crippen molar-refractivity contribution < 1.29 is 24.3 Å². The van der Waals surface area contributed by atoms with E-state index in [1.165, 1.54) is 6.92 Å². The lowest BCUT2D eigenvalue weighted by atomic mass is 10.0. The zero-order valence-corrected chi connectivity index (χ0v) is 24.7. The standard InChI is InChI=1S/C34H36N6O5/c1-20(38-32(42)26(35)16-22-18-36-27-13-7-5-11-24(22)27)31(41)39-29(17-23-19-37-28-14-8-6-12-25(23)28)33(43)40-30(34(44)45)15-21-9-3-2-4-10-21/h2-14,18-20,26,29-30,36-37H,15-17,35H2,1H3,(H,38,42)(H,39,41)(H,40,43)(H,44,45)/t20-,26-,29-,30-/m0/s1. The maximum atomic E-state index is 13.6. The van der Waals surface area contributed by atoms with Crippen molar-refractivity contribution in [1.82, 2.24) is 25.9 Å². The lowest BCUT2D eigenvalue weighted by Crippen LogP contribution is -2.57. The summed E-state index contributed by atoms with van der Waals surface area (Å²) in [6, 6.07) is 19.9. The zero-order valence-electron chi connectivity index (χ0n) is 24.7. The van der Waals surface area contributed by atoms with Gasteiger partial charge in [-0.1, -0.05) is 66.7 Å². The second-order valence-electron chi connectivity index (χ2n) is 11.1. The molecule has 11 heteroatoms. The predicted molar refractivity (Wildman–Crippen MR) is 171 cm³/mol. The molecule has 0 aliphatic rings. The Kier molecular flexibility index (Phi) is 9.59. The van der Waals surface area contributed by atoms with Crippen LogP contribution in [-0.4, -0.2) is 62.9 Å². The van der Waals surface area contributed by atoms with Crippen molar-refractivity contribution in [2.45, 2.75) is 50.4 Å². The van der Waals surface area contributed by atoms with Gasteiger partial charge in [0.05, 0.1) is 6.04 Å². The molecule has 3 aromatic carbocycles. The molecule has 45 heavy (non-hydrogen) atoms. The van der Waals surface area contributed by atoms with Crippen LogP contribution in [0.4, 0.5) is 0 Å². The van der Waals surface area contributed by atoms with Gasteiger partial charge in [0.2, 0.25) is 17.7 Å². The fourth-order valence-corrected chi connectivity index (χ4v) is 5.36. The van der Waals surface area contributed by atoms with Crippen molar-refractivity contribution in [2.75, 3.05) is 0 Å². The second kappa shape index (κ2) is 13.9. The number of carbonyl (C=O) groups excluding carboxylic acids is 3. The van der Waals surface area contributed by atoms with Crippen LogP contribution in [0.25, 0.3) is 21.8 Å². The van der Waals surface area contributed by atoms with E-state index in [2.05, 4.69) is 25.9 Å². The van der Waals surface area contributed by atoms with Gasteiger partial charge in [-0.15, -0.1) is 0 Å². The maximum absolute atomic E-state index is 13.6. The third-order valence-electron chi connectivity index (χ3n) is 7.83. The van der Waals surface area contributed by atoms with E-state index in [1.54, 1.807) is 30.5 Å². The number of carboxylic acid groups (broad SMARTS) is 1. The number of nitrogens with two attached hydrogens (primary N) is 1. The highest BCUT2D eigenvalue weighted by atomic mass is 16.4. The van der Waals surface area contributed by atoms with Crippen molar-refractivity contribution in [2.24, 2.45) is 5.73 Å². The number of rotatable bonds is 13. The minimum absolute atomic E-state index is 0.0659. The van der Waals surface area contributed by atoms with Crippen molar-refractivity contribution in [3.63, 3.8) is 0 Å². The van der Waals surface area contributed by atoms with E-state index in [0.29, 0.717) is 0 Å². The molecule has 2 heterocycles. The van der Waals surface area contributed by atoms with Crippen LogP contribution >= 0.6 is 0 Å². The van der Waals surface area contributed by atoms with E-state index < -0.39 is 47.9 Å². The number of benzene rings is 3. The van der Waals surface area contributed by atoms with Crippen LogP contribution < -0.4 is 21.7 Å². The van der Waals surface area contributed by atoms with E-state index in [0.717, 1.165) is 38.5 Å². The van der Waals surface area contributed by atoms with Crippen LogP contribution in [-0.2, 0) is 38.4 Å². The summed E-state index contributed by atoms with van der Waals surface area (Å²) in [6.45, 7) is 1.50. The molecule has 3 amide bonds. The third-order valence-corrected chi connectivity index (χ3v) is 7.83. The molecule has 0 fully saturated rings. The van der Waals surface area contributed by atoms with Crippen molar-refractivity contribution >= 4 is 45.5 Å². The number of nitrogens with one attached hydrogen (secondary N) is 5. The molecule has 0 aliphatic carbocycles. The van der Waals surface area contributed by atoms with Gasteiger partial charge in [0.15, 0.2) is 0 Å². The molecule has 4 atom stereocenters. The molecule has 8 N–H and O–H groups in total. The molecule has 0 spiro atoms. The summed E-state index contributed by atoms with van der Waals surface area (Å²) in [5, 5.41) is 19.7. The number of amides is 3. The normalized spacial score (nSPS) is 13.9. The summed E-state index contributed by atoms with van der Waals surface area (Å²) in [6.07, 6.45) is 3.97. The number of aliphatic carboxylic acids is 1. The van der Waals surface area contributed by atoms with Crippen LogP contribution in [0.1, 0.15) is 23.6 Å². The number of para-hydroxylation sites is 2. The third kappa shape index (κ3) is 7.57. The summed E-state index contributed by atoms with van der Waals surface area (Å²) in [5.74, 6) is -2.99. The Labute approximate surface area is 259 Å². The Morgan fingerprint density at radius 1 is 0.667 bits per heavy atom. The Bertz CT molecular complexity index is 1810. The van der Waals surface area contributed by atoms with E-state index in [1.807, 2.05) is 60.8 Å². The van der Waals surface area contributed by atoms with E-state index in [9.17, 15) is 24.3 Å². The first-order chi connectivity index (χ1) is 21.7. The smallest absolute Gasteiger partial charge is 0.326 e. The first kappa shape index (κ1) is 31.0. The number of aromatic amines is 2. The highest BCUT2D eigenvalue weighted by molar-refractivity contribution is 5.95. The van der Waals surface area contributed by atoms with Gasteiger partial charge in [-0.05, 0) is 42.2 Å². The van der Waals surface area contributed by atoms with Crippen LogP contribution in [0.5, 0.6) is 0 Å². The Hall–Kier alpha value is -5.42. The molecule has 0 saturated heterocycles. The summed E-state index contributed by atoms with van der Waals surface area (Å²) in [4.78, 5) is 58.3. The molecule has 5 rings (SSSR count). The van der Waals surface area contributed by atoms with E-state index in [-0.39, 0.29) is 19.3 Å². The summed E-state index contributed by atoms with van der Waals surface area (Å²) in [7, 11) is 0. The SMILES string of the molecule is C[C@H](NC(=O)[C@@H](N)Cc1c[nH]c2ccccc12)C(=O)N[C@@H](Cc1c[nH]c2ccccc12)C(=O)N[C@@H](Cc1ccccc1)C(=O)O. The van der Waals surface area contributed by atoms with E-state index >= 15 is 0 Å². The van der Waals surface area contributed by atoms with Gasteiger partial charge in [-0.25, -0.2) is 4.79 Å². The van der Waals surface area contributed by atoms with Crippen molar-refractivity contribution in [3.05, 3.63) is 108 Å². The fourth-order valence-electron chi connectivity index (χ4n) is 5.36. The quantitative estimate of drug-likeness (QED) is 0.108. The van der Waals surface area contributed by atoms with Gasteiger partial charge >= 0.3 is 5.97 Å². The topological polar surface area (TPSA) is 182 Å².